The lowest BCUT2D eigenvalue weighted by Gasteiger charge is -2.60. The van der Waals surface area contributed by atoms with Crippen molar-refractivity contribution in [2.24, 2.45) is 11.8 Å². The van der Waals surface area contributed by atoms with E-state index in [4.69, 9.17) is 13.9 Å². The molecule has 0 amide bonds. The minimum atomic E-state index is -1.62. The minimum absolute atomic E-state index is 0.151. The average Bonchev–Trinajstić information content (AvgIpc) is 3.56. The molecule has 3 nitrogen and oxygen atoms in total. The summed E-state index contributed by atoms with van der Waals surface area (Å²) in [6.45, 7) is 16.0. The predicted octanol–water partition coefficient (Wildman–Crippen LogP) is 6.23. The lowest BCUT2D eigenvalue weighted by Crippen LogP contribution is -2.79. The molecule has 8 atom stereocenters. The third kappa shape index (κ3) is 4.11. The van der Waals surface area contributed by atoms with E-state index in [1.807, 2.05) is 0 Å². The second-order valence-electron chi connectivity index (χ2n) is 13.3. The van der Waals surface area contributed by atoms with Gasteiger partial charge in [-0.2, -0.15) is 0 Å². The highest BCUT2D eigenvalue weighted by Gasteiger charge is 2.63. The number of hydrogen-bond acceptors (Lipinski definition) is 3. The van der Waals surface area contributed by atoms with Gasteiger partial charge in [-0.15, -0.1) is 0 Å². The summed E-state index contributed by atoms with van der Waals surface area (Å²) in [4.78, 5) is 0. The number of epoxide rings is 2. The molecule has 2 aliphatic carbocycles. The number of hydrogen-bond donors (Lipinski definition) is 0. The largest absolute Gasteiger partial charge is 0.415 e. The van der Waals surface area contributed by atoms with Crippen LogP contribution >= 0.6 is 0 Å². The molecule has 5 aliphatic rings. The van der Waals surface area contributed by atoms with Crippen LogP contribution in [0.15, 0.2) is 0 Å². The molecule has 8 unspecified atom stereocenters. The molecular formula is C24H46O3Si3. The van der Waals surface area contributed by atoms with E-state index in [0.29, 0.717) is 24.4 Å². The van der Waals surface area contributed by atoms with Gasteiger partial charge in [0.05, 0.1) is 37.1 Å². The van der Waals surface area contributed by atoms with Crippen molar-refractivity contribution in [3.8, 4) is 0 Å². The molecule has 0 N–H and O–H groups in total. The molecule has 2 saturated carbocycles. The Kier molecular flexibility index (Phi) is 5.60. The highest BCUT2D eigenvalue weighted by molar-refractivity contribution is 7.67. The number of fused-ring (bicyclic) bond motifs is 2. The fraction of sp³-hybridized carbons (Fsp3) is 1.00. The molecule has 30 heavy (non-hydrogen) atoms. The molecule has 6 heteroatoms. The van der Waals surface area contributed by atoms with Gasteiger partial charge in [0.15, 0.2) is 7.83 Å². The molecule has 5 rings (SSSR count). The van der Waals surface area contributed by atoms with Crippen LogP contribution in [0.3, 0.4) is 0 Å². The van der Waals surface area contributed by atoms with Crippen LogP contribution in [0.2, 0.25) is 44.8 Å². The summed E-state index contributed by atoms with van der Waals surface area (Å²) >= 11 is 0. The van der Waals surface area contributed by atoms with Crippen molar-refractivity contribution >= 4 is 22.5 Å². The lowest BCUT2D eigenvalue weighted by molar-refractivity contribution is 0.0803. The third-order valence-electron chi connectivity index (χ3n) is 10.7. The van der Waals surface area contributed by atoms with Crippen molar-refractivity contribution in [3.05, 3.63) is 0 Å². The average molecular weight is 467 g/mol. The van der Waals surface area contributed by atoms with Gasteiger partial charge in [-0.05, 0) is 89.3 Å². The van der Waals surface area contributed by atoms with Crippen LogP contribution in [-0.4, -0.2) is 52.6 Å². The number of ether oxygens (including phenoxy) is 2. The molecule has 3 saturated heterocycles. The quantitative estimate of drug-likeness (QED) is 0.344. The molecule has 0 aromatic rings. The SMILES string of the molecule is CC1(CCC2CCC3OC3C2)C[Si](C)(CCC2CCC3OC3C2)[Si](C)(C)[Si](C)(C)O1. The van der Waals surface area contributed by atoms with Crippen molar-refractivity contribution < 1.29 is 13.9 Å². The van der Waals surface area contributed by atoms with Crippen LogP contribution in [0.1, 0.15) is 64.7 Å². The van der Waals surface area contributed by atoms with Gasteiger partial charge < -0.3 is 13.9 Å². The van der Waals surface area contributed by atoms with Gasteiger partial charge in [-0.25, -0.2) is 0 Å². The summed E-state index contributed by atoms with van der Waals surface area (Å²) in [5, 5.41) is 0. The molecule has 0 aromatic carbocycles. The van der Waals surface area contributed by atoms with Gasteiger partial charge in [0.2, 0.25) is 0 Å². The molecule has 0 spiro atoms. The van der Waals surface area contributed by atoms with E-state index in [2.05, 4.69) is 39.7 Å². The van der Waals surface area contributed by atoms with E-state index < -0.39 is 22.5 Å². The summed E-state index contributed by atoms with van der Waals surface area (Å²) in [5.41, 5.74) is 0.151. The van der Waals surface area contributed by atoms with Crippen molar-refractivity contribution in [1.82, 2.24) is 0 Å². The van der Waals surface area contributed by atoms with Crippen LogP contribution in [0.4, 0.5) is 0 Å². The third-order valence-corrected chi connectivity index (χ3v) is 51.2. The molecule has 0 radical (unpaired) electrons. The molecule has 5 fully saturated rings. The topological polar surface area (TPSA) is 34.3 Å². The number of rotatable bonds is 6. The van der Waals surface area contributed by atoms with Gasteiger partial charge in [0.1, 0.15) is 0 Å². The van der Waals surface area contributed by atoms with E-state index in [-0.39, 0.29) is 5.60 Å². The smallest absolute Gasteiger partial charge is 0.172 e. The Morgan fingerprint density at radius 3 is 1.90 bits per heavy atom. The fourth-order valence-corrected chi connectivity index (χ4v) is 41.2. The maximum atomic E-state index is 7.20. The lowest BCUT2D eigenvalue weighted by atomic mass is 9.84. The first-order chi connectivity index (χ1) is 14.0. The van der Waals surface area contributed by atoms with Gasteiger partial charge in [-0.1, -0.05) is 32.1 Å². The monoisotopic (exact) mass is 466 g/mol. The Morgan fingerprint density at radius 1 is 0.767 bits per heavy atom. The Bertz CT molecular complexity index is 670. The summed E-state index contributed by atoms with van der Waals surface area (Å²) < 4.78 is 18.8. The Morgan fingerprint density at radius 2 is 1.33 bits per heavy atom. The Balaban J connectivity index is 1.24. The maximum Gasteiger partial charge on any atom is 0.172 e. The zero-order valence-corrected chi connectivity index (χ0v) is 23.5. The Hall–Kier alpha value is 0.531. The molecule has 172 valence electrons. The first-order valence-electron chi connectivity index (χ1n) is 13.0. The van der Waals surface area contributed by atoms with E-state index in [1.165, 1.54) is 63.8 Å². The van der Waals surface area contributed by atoms with Crippen LogP contribution in [0.5, 0.6) is 0 Å². The maximum absolute atomic E-state index is 7.20. The van der Waals surface area contributed by atoms with Crippen molar-refractivity contribution in [1.29, 1.82) is 0 Å². The highest BCUT2D eigenvalue weighted by atomic mass is 29.6. The standard InChI is InChI=1S/C24H46O3Si3/c1-24(13-11-18-7-9-20-22(15-18)25-20)17-30(6,29(4,5)28(2,3)27-24)14-12-19-8-10-21-23(16-19)26-21/h18-23H,7-17H2,1-6H3. The van der Waals surface area contributed by atoms with Crippen LogP contribution < -0.4 is 0 Å². The highest BCUT2D eigenvalue weighted by Crippen LogP contribution is 2.50. The zero-order chi connectivity index (χ0) is 21.4. The van der Waals surface area contributed by atoms with Gasteiger partial charge >= 0.3 is 0 Å². The zero-order valence-electron chi connectivity index (χ0n) is 20.5. The summed E-state index contributed by atoms with van der Waals surface area (Å²) in [6, 6.07) is 2.99. The van der Waals surface area contributed by atoms with Crippen molar-refractivity contribution in [2.75, 3.05) is 0 Å². The van der Waals surface area contributed by atoms with E-state index in [9.17, 15) is 0 Å². The molecule has 3 heterocycles. The fourth-order valence-electron chi connectivity index (χ4n) is 7.62. The normalized spacial score (nSPS) is 51.0. The molecule has 3 aliphatic heterocycles. The van der Waals surface area contributed by atoms with Crippen LogP contribution in [0.25, 0.3) is 0 Å². The second-order valence-corrected chi connectivity index (χ2v) is 40.0. The first-order valence-corrected chi connectivity index (χ1v) is 23.8. The Labute approximate surface area is 187 Å². The molecule has 0 bridgehead atoms. The summed E-state index contributed by atoms with van der Waals surface area (Å²) in [6.07, 6.45) is 14.8. The van der Waals surface area contributed by atoms with Gasteiger partial charge in [0.25, 0.3) is 0 Å². The summed E-state index contributed by atoms with van der Waals surface area (Å²) in [7, 11) is -4.25. The van der Waals surface area contributed by atoms with E-state index in [1.54, 1.807) is 6.04 Å². The minimum Gasteiger partial charge on any atom is -0.415 e. The van der Waals surface area contributed by atoms with E-state index >= 15 is 0 Å². The van der Waals surface area contributed by atoms with Crippen molar-refractivity contribution in [3.63, 3.8) is 0 Å². The van der Waals surface area contributed by atoms with Crippen molar-refractivity contribution in [2.45, 2.75) is 140 Å². The first kappa shape index (κ1) is 22.3. The predicted molar refractivity (Wildman–Crippen MR) is 132 cm³/mol. The molecule has 0 aromatic heterocycles. The second kappa shape index (κ2) is 7.52. The summed E-state index contributed by atoms with van der Waals surface area (Å²) in [5.74, 6) is 1.82. The van der Waals surface area contributed by atoms with Crippen LogP contribution in [-0.2, 0) is 13.9 Å². The van der Waals surface area contributed by atoms with E-state index in [0.717, 1.165) is 11.8 Å². The van der Waals surface area contributed by atoms with Gasteiger partial charge in [-0.3, -0.25) is 0 Å². The molecular weight excluding hydrogens is 421 g/mol. The van der Waals surface area contributed by atoms with Crippen LogP contribution in [0, 0.1) is 11.8 Å². The van der Waals surface area contributed by atoms with Gasteiger partial charge in [0, 0.05) is 7.59 Å².